The molecule has 0 spiro atoms. The third kappa shape index (κ3) is 3.00. The maximum Gasteiger partial charge on any atom is 0.141 e. The Bertz CT molecular complexity index is 602. The van der Waals surface area contributed by atoms with Crippen LogP contribution in [0.1, 0.15) is 17.2 Å². The molecule has 2 aromatic rings. The zero-order valence-electron chi connectivity index (χ0n) is 10.0. The maximum atomic E-state index is 13.1. The van der Waals surface area contributed by atoms with Gasteiger partial charge in [-0.3, -0.25) is 0 Å². The first-order valence-corrected chi connectivity index (χ1v) is 6.25. The monoisotopic (exact) mass is 300 g/mol. The number of benzene rings is 2. The first-order chi connectivity index (χ1) is 9.02. The molecule has 2 rings (SSSR count). The van der Waals surface area contributed by atoms with Crippen LogP contribution in [0.5, 0.6) is 5.75 Å². The van der Waals surface area contributed by atoms with E-state index in [0.29, 0.717) is 21.9 Å². The zero-order chi connectivity index (χ0) is 14.0. The Hall–Kier alpha value is -1.29. The van der Waals surface area contributed by atoms with E-state index >= 15 is 0 Å². The van der Waals surface area contributed by atoms with Crippen molar-refractivity contribution in [2.45, 2.75) is 6.10 Å². The van der Waals surface area contributed by atoms with Crippen molar-refractivity contribution in [3.8, 4) is 5.75 Å². The first-order valence-electron chi connectivity index (χ1n) is 5.49. The highest BCUT2D eigenvalue weighted by atomic mass is 35.5. The van der Waals surface area contributed by atoms with Crippen LogP contribution in [0.3, 0.4) is 0 Å². The summed E-state index contributed by atoms with van der Waals surface area (Å²) in [5.41, 5.74) is 1.07. The van der Waals surface area contributed by atoms with E-state index in [9.17, 15) is 9.50 Å². The minimum atomic E-state index is -0.929. The number of aliphatic hydroxyl groups is 1. The van der Waals surface area contributed by atoms with Crippen molar-refractivity contribution < 1.29 is 14.2 Å². The fourth-order valence-corrected chi connectivity index (χ4v) is 2.18. The third-order valence-corrected chi connectivity index (χ3v) is 3.34. The molecule has 0 heterocycles. The average molecular weight is 301 g/mol. The van der Waals surface area contributed by atoms with Gasteiger partial charge in [0, 0.05) is 0 Å². The number of hydrogen-bond donors (Lipinski definition) is 1. The lowest BCUT2D eigenvalue weighted by atomic mass is 10.0. The van der Waals surface area contributed by atoms with Crippen LogP contribution in [-0.4, -0.2) is 12.2 Å². The van der Waals surface area contributed by atoms with Crippen LogP contribution in [-0.2, 0) is 0 Å². The minimum absolute atomic E-state index is 0.0313. The standard InChI is InChI=1S/C14H11Cl2FO2/c1-19-13-5-3-9(7-11(13)16)14(18)8-2-4-12(17)10(15)6-8/h2-7,14,18H,1H3. The van der Waals surface area contributed by atoms with Crippen LogP contribution < -0.4 is 4.74 Å². The lowest BCUT2D eigenvalue weighted by Crippen LogP contribution is -2.00. The summed E-state index contributed by atoms with van der Waals surface area (Å²) in [6.45, 7) is 0. The summed E-state index contributed by atoms with van der Waals surface area (Å²) in [6, 6.07) is 9.02. The molecule has 19 heavy (non-hydrogen) atoms. The molecular weight excluding hydrogens is 290 g/mol. The number of rotatable bonds is 3. The molecule has 1 atom stereocenters. The number of ether oxygens (including phenoxy) is 1. The Morgan fingerprint density at radius 3 is 2.16 bits per heavy atom. The minimum Gasteiger partial charge on any atom is -0.495 e. The van der Waals surface area contributed by atoms with E-state index in [4.69, 9.17) is 27.9 Å². The van der Waals surface area contributed by atoms with Crippen LogP contribution in [0.2, 0.25) is 10.0 Å². The van der Waals surface area contributed by atoms with E-state index < -0.39 is 11.9 Å². The molecule has 100 valence electrons. The molecule has 0 bridgehead atoms. The van der Waals surface area contributed by atoms with Crippen molar-refractivity contribution in [1.29, 1.82) is 0 Å². The molecule has 0 amide bonds. The molecule has 0 aromatic heterocycles. The number of aliphatic hydroxyl groups excluding tert-OH is 1. The Balaban J connectivity index is 2.35. The molecule has 0 radical (unpaired) electrons. The van der Waals surface area contributed by atoms with Crippen molar-refractivity contribution in [1.82, 2.24) is 0 Å². The Morgan fingerprint density at radius 1 is 1.05 bits per heavy atom. The predicted molar refractivity (Wildman–Crippen MR) is 73.5 cm³/mol. The molecule has 0 saturated heterocycles. The Kier molecular flexibility index (Phi) is 4.30. The summed E-state index contributed by atoms with van der Waals surface area (Å²) >= 11 is 11.7. The number of halogens is 3. The van der Waals surface area contributed by atoms with E-state index in [2.05, 4.69) is 0 Å². The lowest BCUT2D eigenvalue weighted by molar-refractivity contribution is 0.220. The van der Waals surface area contributed by atoms with Gasteiger partial charge in [-0.05, 0) is 35.4 Å². The highest BCUT2D eigenvalue weighted by molar-refractivity contribution is 6.32. The van der Waals surface area contributed by atoms with E-state index in [0.717, 1.165) is 0 Å². The van der Waals surface area contributed by atoms with Gasteiger partial charge >= 0.3 is 0 Å². The quantitative estimate of drug-likeness (QED) is 0.919. The van der Waals surface area contributed by atoms with Crippen LogP contribution >= 0.6 is 23.2 Å². The van der Waals surface area contributed by atoms with Crippen molar-refractivity contribution in [3.05, 3.63) is 63.4 Å². The lowest BCUT2D eigenvalue weighted by Gasteiger charge is -2.13. The van der Waals surface area contributed by atoms with Crippen LogP contribution in [0.25, 0.3) is 0 Å². The summed E-state index contributed by atoms with van der Waals surface area (Å²) in [7, 11) is 1.51. The van der Waals surface area contributed by atoms with Gasteiger partial charge in [0.2, 0.25) is 0 Å². The van der Waals surface area contributed by atoms with Crippen LogP contribution in [0.15, 0.2) is 36.4 Å². The van der Waals surface area contributed by atoms with Gasteiger partial charge in [0.1, 0.15) is 17.7 Å². The molecule has 0 aliphatic carbocycles. The largest absolute Gasteiger partial charge is 0.495 e. The van der Waals surface area contributed by atoms with Crippen LogP contribution in [0.4, 0.5) is 4.39 Å². The summed E-state index contributed by atoms with van der Waals surface area (Å²) < 4.78 is 18.1. The average Bonchev–Trinajstić information content (AvgIpc) is 2.41. The number of hydrogen-bond acceptors (Lipinski definition) is 2. The van der Waals surface area contributed by atoms with Gasteiger partial charge in [0.15, 0.2) is 0 Å². The second kappa shape index (κ2) is 5.78. The van der Waals surface area contributed by atoms with Crippen molar-refractivity contribution in [3.63, 3.8) is 0 Å². The molecule has 0 aliphatic rings. The van der Waals surface area contributed by atoms with E-state index in [1.54, 1.807) is 18.2 Å². The first kappa shape index (κ1) is 14.1. The van der Waals surface area contributed by atoms with E-state index in [1.807, 2.05) is 0 Å². The SMILES string of the molecule is COc1ccc(C(O)c2ccc(F)c(Cl)c2)cc1Cl. The molecule has 2 aromatic carbocycles. The molecule has 5 heteroatoms. The second-order valence-corrected chi connectivity index (χ2v) is 4.78. The Morgan fingerprint density at radius 2 is 1.63 bits per heavy atom. The van der Waals surface area contributed by atoms with Gasteiger partial charge in [-0.15, -0.1) is 0 Å². The van der Waals surface area contributed by atoms with E-state index in [1.165, 1.54) is 25.3 Å². The molecule has 0 aliphatic heterocycles. The zero-order valence-corrected chi connectivity index (χ0v) is 11.5. The van der Waals surface area contributed by atoms with Gasteiger partial charge in [-0.25, -0.2) is 4.39 Å². The van der Waals surface area contributed by atoms with Crippen LogP contribution in [0, 0.1) is 5.82 Å². The summed E-state index contributed by atoms with van der Waals surface area (Å²) in [4.78, 5) is 0. The van der Waals surface area contributed by atoms with Gasteiger partial charge < -0.3 is 9.84 Å². The van der Waals surface area contributed by atoms with E-state index in [-0.39, 0.29) is 5.02 Å². The molecular formula is C14H11Cl2FO2. The topological polar surface area (TPSA) is 29.5 Å². The predicted octanol–water partition coefficient (Wildman–Crippen LogP) is 4.22. The summed E-state index contributed by atoms with van der Waals surface area (Å²) in [5.74, 6) is 0.000125. The summed E-state index contributed by atoms with van der Waals surface area (Å²) in [6.07, 6.45) is -0.929. The van der Waals surface area contributed by atoms with Gasteiger partial charge in [0.05, 0.1) is 17.2 Å². The maximum absolute atomic E-state index is 13.1. The molecule has 2 nitrogen and oxygen atoms in total. The normalized spacial score (nSPS) is 12.3. The van der Waals surface area contributed by atoms with Gasteiger partial charge in [0.25, 0.3) is 0 Å². The fourth-order valence-electron chi connectivity index (χ4n) is 1.73. The molecule has 0 fully saturated rings. The van der Waals surface area contributed by atoms with Crippen molar-refractivity contribution >= 4 is 23.2 Å². The van der Waals surface area contributed by atoms with Gasteiger partial charge in [-0.2, -0.15) is 0 Å². The number of methoxy groups -OCH3 is 1. The summed E-state index contributed by atoms with van der Waals surface area (Å²) in [5, 5.41) is 10.6. The second-order valence-electron chi connectivity index (χ2n) is 3.97. The highest BCUT2D eigenvalue weighted by Gasteiger charge is 2.14. The highest BCUT2D eigenvalue weighted by Crippen LogP contribution is 2.31. The molecule has 1 N–H and O–H groups in total. The van der Waals surface area contributed by atoms with Crippen molar-refractivity contribution in [2.24, 2.45) is 0 Å². The molecule has 0 saturated carbocycles. The van der Waals surface area contributed by atoms with Crippen molar-refractivity contribution in [2.75, 3.05) is 7.11 Å². The van der Waals surface area contributed by atoms with Gasteiger partial charge in [-0.1, -0.05) is 35.3 Å². The fraction of sp³-hybridized carbons (Fsp3) is 0.143. The Labute approximate surface area is 120 Å². The smallest absolute Gasteiger partial charge is 0.141 e. The third-order valence-electron chi connectivity index (χ3n) is 2.75. The molecule has 1 unspecified atom stereocenters.